The molecule has 4 bridgehead atoms. The molecule has 27 heavy (non-hydrogen) atoms. The van der Waals surface area contributed by atoms with Crippen LogP contribution >= 0.6 is 0 Å². The molecule has 5 nitrogen and oxygen atoms in total. The van der Waals surface area contributed by atoms with Gasteiger partial charge in [-0.3, -0.25) is 4.79 Å². The highest BCUT2D eigenvalue weighted by atomic mass is 16.7. The maximum Gasteiger partial charge on any atom is 0.315 e. The van der Waals surface area contributed by atoms with Crippen molar-refractivity contribution < 1.29 is 19.4 Å². The van der Waals surface area contributed by atoms with Crippen LogP contribution in [-0.4, -0.2) is 31.6 Å². The average molecular weight is 373 g/mol. The maximum absolute atomic E-state index is 12.8. The standard InChI is InChI=1S/C22H31NO4/c1-13(2)18-8-15-10-21(11-23)17-5-4-14(6-7-27-12-26-3)16(17)9-19(15)22(18,21)20(24)25/h8,13-17,19H,4-7,9-10,12H2,1-3H3,(H,24,25). The summed E-state index contributed by atoms with van der Waals surface area (Å²) in [4.78, 5) is 12.8. The van der Waals surface area contributed by atoms with E-state index >= 15 is 0 Å². The lowest BCUT2D eigenvalue weighted by atomic mass is 9.47. The Bertz CT molecular complexity index is 695. The van der Waals surface area contributed by atoms with Crippen molar-refractivity contribution in [2.45, 2.75) is 46.0 Å². The predicted molar refractivity (Wildman–Crippen MR) is 99.4 cm³/mol. The minimum Gasteiger partial charge on any atom is -0.481 e. The first-order valence-corrected chi connectivity index (χ1v) is 10.4. The number of carboxylic acids is 1. The van der Waals surface area contributed by atoms with Crippen molar-refractivity contribution in [3.8, 4) is 6.07 Å². The lowest BCUT2D eigenvalue weighted by Gasteiger charge is -2.53. The molecule has 0 aromatic rings. The Morgan fingerprint density at radius 3 is 2.81 bits per heavy atom. The number of hydrogen-bond acceptors (Lipinski definition) is 4. The molecule has 0 aliphatic heterocycles. The third kappa shape index (κ3) is 2.26. The van der Waals surface area contributed by atoms with E-state index in [4.69, 9.17) is 9.47 Å². The van der Waals surface area contributed by atoms with E-state index in [-0.39, 0.29) is 23.7 Å². The summed E-state index contributed by atoms with van der Waals surface area (Å²) < 4.78 is 10.5. The highest BCUT2D eigenvalue weighted by Gasteiger charge is 2.78. The zero-order valence-electron chi connectivity index (χ0n) is 16.6. The summed E-state index contributed by atoms with van der Waals surface area (Å²) in [7, 11) is 1.63. The number of hydrogen-bond donors (Lipinski definition) is 1. The molecule has 0 spiro atoms. The maximum atomic E-state index is 12.8. The molecule has 0 aromatic carbocycles. The number of allylic oxidation sites excluding steroid dienone is 1. The molecule has 7 atom stereocenters. The van der Waals surface area contributed by atoms with E-state index in [1.807, 2.05) is 0 Å². The largest absolute Gasteiger partial charge is 0.481 e. The Labute approximate surface area is 161 Å². The van der Waals surface area contributed by atoms with Crippen molar-refractivity contribution in [1.82, 2.24) is 0 Å². The first-order valence-electron chi connectivity index (χ1n) is 10.4. The molecular formula is C22H31NO4. The number of ether oxygens (including phenoxy) is 2. The number of nitrogens with zero attached hydrogens (tertiary/aromatic N) is 1. The van der Waals surface area contributed by atoms with E-state index in [2.05, 4.69) is 26.0 Å². The Kier molecular flexibility index (Phi) is 4.63. The second-order valence-electron chi connectivity index (χ2n) is 9.39. The summed E-state index contributed by atoms with van der Waals surface area (Å²) in [5.74, 6) is 0.973. The fraction of sp³-hybridized carbons (Fsp3) is 0.818. The van der Waals surface area contributed by atoms with E-state index in [1.165, 1.54) is 0 Å². The summed E-state index contributed by atoms with van der Waals surface area (Å²) in [6, 6.07) is 2.64. The lowest BCUT2D eigenvalue weighted by Crippen LogP contribution is -2.57. The fourth-order valence-corrected chi connectivity index (χ4v) is 7.62. The molecule has 5 heteroatoms. The number of nitriles is 1. The van der Waals surface area contributed by atoms with Gasteiger partial charge < -0.3 is 14.6 Å². The quantitative estimate of drug-likeness (QED) is 0.416. The smallest absolute Gasteiger partial charge is 0.315 e. The normalized spacial score (nSPS) is 44.3. The van der Waals surface area contributed by atoms with Crippen molar-refractivity contribution in [2.24, 2.45) is 46.3 Å². The fourth-order valence-electron chi connectivity index (χ4n) is 7.62. The first kappa shape index (κ1) is 19.0. The molecule has 0 radical (unpaired) electrons. The summed E-state index contributed by atoms with van der Waals surface area (Å²) in [6.45, 7) is 5.16. The van der Waals surface area contributed by atoms with Crippen molar-refractivity contribution in [2.75, 3.05) is 20.5 Å². The van der Waals surface area contributed by atoms with Crippen molar-refractivity contribution in [3.63, 3.8) is 0 Å². The molecule has 3 saturated carbocycles. The van der Waals surface area contributed by atoms with Gasteiger partial charge in [0.1, 0.15) is 12.2 Å². The number of fused-ring (bicyclic) bond motifs is 2. The monoisotopic (exact) mass is 373 g/mol. The minimum atomic E-state index is -0.955. The van der Waals surface area contributed by atoms with Crippen LogP contribution in [0.3, 0.4) is 0 Å². The second-order valence-corrected chi connectivity index (χ2v) is 9.39. The van der Waals surface area contributed by atoms with Crippen LogP contribution in [0.25, 0.3) is 0 Å². The highest BCUT2D eigenvalue weighted by molar-refractivity contribution is 5.84. The zero-order valence-corrected chi connectivity index (χ0v) is 16.6. The summed E-state index contributed by atoms with van der Waals surface area (Å²) in [6.07, 6.45) is 6.97. The van der Waals surface area contributed by atoms with Crippen LogP contribution in [0, 0.1) is 57.7 Å². The molecule has 0 saturated heterocycles. The highest BCUT2D eigenvalue weighted by Crippen LogP contribution is 2.78. The van der Waals surface area contributed by atoms with Gasteiger partial charge in [0, 0.05) is 13.7 Å². The van der Waals surface area contributed by atoms with Crippen molar-refractivity contribution in [3.05, 3.63) is 11.6 Å². The predicted octanol–water partition coefficient (Wildman–Crippen LogP) is 3.86. The van der Waals surface area contributed by atoms with Gasteiger partial charge in [0.05, 0.1) is 11.5 Å². The van der Waals surface area contributed by atoms with E-state index in [9.17, 15) is 15.2 Å². The number of aliphatic carboxylic acids is 1. The molecule has 0 heterocycles. The summed E-state index contributed by atoms with van der Waals surface area (Å²) >= 11 is 0. The van der Waals surface area contributed by atoms with Crippen LogP contribution in [0.1, 0.15) is 46.0 Å². The molecule has 3 fully saturated rings. The van der Waals surface area contributed by atoms with Crippen LogP contribution in [0.4, 0.5) is 0 Å². The van der Waals surface area contributed by atoms with Crippen LogP contribution in [0.15, 0.2) is 11.6 Å². The molecule has 0 amide bonds. The number of rotatable bonds is 7. The van der Waals surface area contributed by atoms with Gasteiger partial charge in [0.2, 0.25) is 0 Å². The van der Waals surface area contributed by atoms with Gasteiger partial charge >= 0.3 is 5.97 Å². The SMILES string of the molecule is COCOCCC1CCC2C1CC1C3C=C(C(C)C)C1(C(=O)O)C2(C#N)C3. The summed E-state index contributed by atoms with van der Waals surface area (Å²) in [5, 5.41) is 20.9. The van der Waals surface area contributed by atoms with Gasteiger partial charge in [-0.2, -0.15) is 5.26 Å². The molecule has 0 aromatic heterocycles. The van der Waals surface area contributed by atoms with Crippen LogP contribution in [0.2, 0.25) is 0 Å². The topological polar surface area (TPSA) is 79.6 Å². The van der Waals surface area contributed by atoms with Crippen LogP contribution in [0.5, 0.6) is 0 Å². The number of carboxylic acid groups (broad SMARTS) is 1. The number of methoxy groups -OCH3 is 1. The average Bonchev–Trinajstić information content (AvgIpc) is 3.26. The van der Waals surface area contributed by atoms with E-state index in [0.717, 1.165) is 37.7 Å². The van der Waals surface area contributed by atoms with Gasteiger partial charge in [-0.15, -0.1) is 0 Å². The van der Waals surface area contributed by atoms with Crippen LogP contribution < -0.4 is 0 Å². The minimum absolute atomic E-state index is 0.0915. The van der Waals surface area contributed by atoms with E-state index in [1.54, 1.807) is 7.11 Å². The van der Waals surface area contributed by atoms with E-state index < -0.39 is 16.8 Å². The molecule has 4 aliphatic rings. The molecule has 148 valence electrons. The van der Waals surface area contributed by atoms with Gasteiger partial charge in [-0.1, -0.05) is 25.5 Å². The van der Waals surface area contributed by atoms with Crippen molar-refractivity contribution >= 4 is 5.97 Å². The van der Waals surface area contributed by atoms with Gasteiger partial charge in [-0.05, 0) is 67.6 Å². The molecular weight excluding hydrogens is 342 g/mol. The molecule has 7 unspecified atom stereocenters. The molecule has 4 aliphatic carbocycles. The summed E-state index contributed by atoms with van der Waals surface area (Å²) in [5.41, 5.74) is -0.653. The zero-order chi connectivity index (χ0) is 19.4. The Morgan fingerprint density at radius 2 is 2.19 bits per heavy atom. The van der Waals surface area contributed by atoms with Crippen LogP contribution in [-0.2, 0) is 14.3 Å². The first-order chi connectivity index (χ1) is 12.9. The molecule has 1 N–H and O–H groups in total. The van der Waals surface area contributed by atoms with Gasteiger partial charge in [0.25, 0.3) is 0 Å². The van der Waals surface area contributed by atoms with E-state index in [0.29, 0.717) is 25.2 Å². The van der Waals surface area contributed by atoms with Crippen molar-refractivity contribution in [1.29, 1.82) is 5.26 Å². The lowest BCUT2D eigenvalue weighted by molar-refractivity contribution is -0.162. The molecule has 4 rings (SSSR count). The number of carbonyl (C=O) groups is 1. The van der Waals surface area contributed by atoms with Gasteiger partial charge in [-0.25, -0.2) is 0 Å². The third-order valence-corrected chi connectivity index (χ3v) is 8.31. The Hall–Kier alpha value is -1.38. The Balaban J connectivity index is 1.67. The van der Waals surface area contributed by atoms with Gasteiger partial charge in [0.15, 0.2) is 0 Å². The second kappa shape index (κ2) is 6.60. The Morgan fingerprint density at radius 1 is 1.41 bits per heavy atom. The third-order valence-electron chi connectivity index (χ3n) is 8.31.